The Kier molecular flexibility index (Phi) is 5.03. The number of ether oxygens (including phenoxy) is 1. The molecule has 130 valence electrons. The first kappa shape index (κ1) is 17.0. The monoisotopic (exact) mass is 338 g/mol. The summed E-state index contributed by atoms with van der Waals surface area (Å²) in [5, 5.41) is 2.80. The van der Waals surface area contributed by atoms with Crippen LogP contribution in [0.1, 0.15) is 24.5 Å². The summed E-state index contributed by atoms with van der Waals surface area (Å²) in [6.07, 6.45) is 0.338. The Morgan fingerprint density at radius 3 is 2.68 bits per heavy atom. The summed E-state index contributed by atoms with van der Waals surface area (Å²) >= 11 is 0. The minimum atomic E-state index is -0.123. The van der Waals surface area contributed by atoms with Crippen molar-refractivity contribution in [2.45, 2.75) is 32.9 Å². The van der Waals surface area contributed by atoms with Gasteiger partial charge in [-0.05, 0) is 36.8 Å². The molecule has 1 aliphatic rings. The van der Waals surface area contributed by atoms with Crippen LogP contribution >= 0.6 is 0 Å². The molecule has 1 N–H and O–H groups in total. The van der Waals surface area contributed by atoms with Gasteiger partial charge in [0.05, 0.1) is 6.04 Å². The number of hydrogen-bond acceptors (Lipinski definition) is 3. The number of rotatable bonds is 5. The van der Waals surface area contributed by atoms with Gasteiger partial charge in [0.25, 0.3) is 0 Å². The quantitative estimate of drug-likeness (QED) is 0.912. The van der Waals surface area contributed by atoms with Gasteiger partial charge in [-0.2, -0.15) is 0 Å². The van der Waals surface area contributed by atoms with Gasteiger partial charge >= 0.3 is 0 Å². The van der Waals surface area contributed by atoms with E-state index in [0.717, 1.165) is 17.0 Å². The van der Waals surface area contributed by atoms with Crippen LogP contribution in [0, 0.1) is 6.92 Å². The van der Waals surface area contributed by atoms with Gasteiger partial charge in [0.1, 0.15) is 12.4 Å². The molecule has 2 aromatic carbocycles. The lowest BCUT2D eigenvalue weighted by molar-refractivity contribution is -0.119. The second kappa shape index (κ2) is 7.38. The average Bonchev–Trinajstić information content (AvgIpc) is 2.93. The van der Waals surface area contributed by atoms with Crippen molar-refractivity contribution in [2.75, 3.05) is 11.4 Å². The summed E-state index contributed by atoms with van der Waals surface area (Å²) < 4.78 is 5.80. The molecule has 5 heteroatoms. The zero-order chi connectivity index (χ0) is 17.8. The number of hydrogen-bond donors (Lipinski definition) is 1. The minimum absolute atomic E-state index is 0.0205. The number of nitrogens with one attached hydrogen (secondary N) is 1. The second-order valence-electron chi connectivity index (χ2n) is 6.38. The molecule has 0 aliphatic carbocycles. The summed E-state index contributed by atoms with van der Waals surface area (Å²) in [6, 6.07) is 15.6. The van der Waals surface area contributed by atoms with Crippen LogP contribution in [0.25, 0.3) is 0 Å². The third-order valence-corrected chi connectivity index (χ3v) is 4.17. The predicted octanol–water partition coefficient (Wildman–Crippen LogP) is 2.82. The standard InChI is InChI=1S/C20H22N2O3/c1-14-4-3-5-16(10-14)13-25-19-8-6-18(7-9-19)22-12-17(11-20(22)24)21-15(2)23/h3-10,17H,11-13H2,1-2H3,(H,21,23). The molecule has 1 heterocycles. The summed E-state index contributed by atoms with van der Waals surface area (Å²) in [6.45, 7) is 4.53. The van der Waals surface area contributed by atoms with Crippen molar-refractivity contribution in [2.24, 2.45) is 0 Å². The fourth-order valence-corrected chi connectivity index (χ4v) is 3.03. The molecule has 3 rings (SSSR count). The molecule has 1 atom stereocenters. The number of amides is 2. The fourth-order valence-electron chi connectivity index (χ4n) is 3.03. The molecule has 1 aliphatic heterocycles. The van der Waals surface area contributed by atoms with Crippen molar-refractivity contribution >= 4 is 17.5 Å². The minimum Gasteiger partial charge on any atom is -0.489 e. The molecule has 2 aromatic rings. The van der Waals surface area contributed by atoms with Crippen molar-refractivity contribution in [3.63, 3.8) is 0 Å². The molecule has 25 heavy (non-hydrogen) atoms. The molecule has 1 fully saturated rings. The number of benzene rings is 2. The number of carbonyl (C=O) groups excluding carboxylic acids is 2. The maximum Gasteiger partial charge on any atom is 0.229 e. The maximum atomic E-state index is 12.1. The lowest BCUT2D eigenvalue weighted by Crippen LogP contribution is -2.35. The molecule has 1 saturated heterocycles. The van der Waals surface area contributed by atoms with E-state index in [9.17, 15) is 9.59 Å². The van der Waals surface area contributed by atoms with Gasteiger partial charge in [-0.15, -0.1) is 0 Å². The van der Waals surface area contributed by atoms with E-state index in [1.807, 2.05) is 36.4 Å². The molecule has 0 radical (unpaired) electrons. The molecular formula is C20H22N2O3. The van der Waals surface area contributed by atoms with E-state index in [-0.39, 0.29) is 17.9 Å². The second-order valence-corrected chi connectivity index (χ2v) is 6.38. The zero-order valence-electron chi connectivity index (χ0n) is 14.5. The molecule has 0 saturated carbocycles. The third kappa shape index (κ3) is 4.38. The van der Waals surface area contributed by atoms with E-state index in [0.29, 0.717) is 19.6 Å². The van der Waals surface area contributed by atoms with Gasteiger partial charge in [0, 0.05) is 25.6 Å². The van der Waals surface area contributed by atoms with Gasteiger partial charge in [0.2, 0.25) is 11.8 Å². The van der Waals surface area contributed by atoms with Crippen LogP contribution in [0.5, 0.6) is 5.75 Å². The highest BCUT2D eigenvalue weighted by Gasteiger charge is 2.30. The summed E-state index contributed by atoms with van der Waals surface area (Å²) in [5.74, 6) is 0.669. The van der Waals surface area contributed by atoms with E-state index < -0.39 is 0 Å². The van der Waals surface area contributed by atoms with Crippen LogP contribution in [0.2, 0.25) is 0 Å². The normalized spacial score (nSPS) is 16.8. The molecule has 0 spiro atoms. The third-order valence-electron chi connectivity index (χ3n) is 4.17. The first-order valence-electron chi connectivity index (χ1n) is 8.37. The van der Waals surface area contributed by atoms with Crippen LogP contribution in [-0.4, -0.2) is 24.4 Å². The maximum absolute atomic E-state index is 12.1. The zero-order valence-corrected chi connectivity index (χ0v) is 14.5. The predicted molar refractivity (Wildman–Crippen MR) is 96.5 cm³/mol. The molecule has 1 unspecified atom stereocenters. The first-order valence-corrected chi connectivity index (χ1v) is 8.37. The smallest absolute Gasteiger partial charge is 0.229 e. The van der Waals surface area contributed by atoms with Crippen LogP contribution in [0.15, 0.2) is 48.5 Å². The SMILES string of the molecule is CC(=O)NC1CC(=O)N(c2ccc(OCc3cccc(C)c3)cc2)C1. The fraction of sp³-hybridized carbons (Fsp3) is 0.300. The molecule has 0 bridgehead atoms. The average molecular weight is 338 g/mol. The Morgan fingerprint density at radius 2 is 2.00 bits per heavy atom. The summed E-state index contributed by atoms with van der Waals surface area (Å²) in [5.41, 5.74) is 3.15. The van der Waals surface area contributed by atoms with Crippen molar-refractivity contribution in [1.82, 2.24) is 5.32 Å². The van der Waals surface area contributed by atoms with Gasteiger partial charge in [-0.25, -0.2) is 0 Å². The largest absolute Gasteiger partial charge is 0.489 e. The highest BCUT2D eigenvalue weighted by Crippen LogP contribution is 2.24. The van der Waals surface area contributed by atoms with Crippen molar-refractivity contribution in [3.05, 3.63) is 59.7 Å². The van der Waals surface area contributed by atoms with Gasteiger partial charge in [-0.3, -0.25) is 9.59 Å². The van der Waals surface area contributed by atoms with Gasteiger partial charge < -0.3 is 15.0 Å². The van der Waals surface area contributed by atoms with Crippen LogP contribution in [0.3, 0.4) is 0 Å². The van der Waals surface area contributed by atoms with Crippen LogP contribution in [0.4, 0.5) is 5.69 Å². The first-order chi connectivity index (χ1) is 12.0. The molecule has 0 aromatic heterocycles. The Bertz CT molecular complexity index is 771. The van der Waals surface area contributed by atoms with Crippen LogP contribution < -0.4 is 15.0 Å². The Balaban J connectivity index is 1.60. The van der Waals surface area contributed by atoms with E-state index in [4.69, 9.17) is 4.74 Å². The molecule has 5 nitrogen and oxygen atoms in total. The van der Waals surface area contributed by atoms with Gasteiger partial charge in [-0.1, -0.05) is 29.8 Å². The highest BCUT2D eigenvalue weighted by atomic mass is 16.5. The van der Waals surface area contributed by atoms with E-state index in [1.165, 1.54) is 12.5 Å². The van der Waals surface area contributed by atoms with E-state index in [2.05, 4.69) is 24.4 Å². The lowest BCUT2D eigenvalue weighted by atomic mass is 10.1. The van der Waals surface area contributed by atoms with Crippen molar-refractivity contribution in [1.29, 1.82) is 0 Å². The van der Waals surface area contributed by atoms with E-state index >= 15 is 0 Å². The number of anilines is 1. The lowest BCUT2D eigenvalue weighted by Gasteiger charge is -2.17. The molecule has 2 amide bonds. The van der Waals surface area contributed by atoms with Crippen molar-refractivity contribution in [3.8, 4) is 5.75 Å². The highest BCUT2D eigenvalue weighted by molar-refractivity contribution is 5.96. The Labute approximate surface area is 147 Å². The number of aryl methyl sites for hydroxylation is 1. The topological polar surface area (TPSA) is 58.6 Å². The Hall–Kier alpha value is -2.82. The summed E-state index contributed by atoms with van der Waals surface area (Å²) in [4.78, 5) is 25.0. The van der Waals surface area contributed by atoms with Crippen LogP contribution in [-0.2, 0) is 16.2 Å². The summed E-state index contributed by atoms with van der Waals surface area (Å²) in [7, 11) is 0. The van der Waals surface area contributed by atoms with E-state index in [1.54, 1.807) is 4.90 Å². The number of nitrogens with zero attached hydrogens (tertiary/aromatic N) is 1. The number of carbonyl (C=O) groups is 2. The van der Waals surface area contributed by atoms with Gasteiger partial charge in [0.15, 0.2) is 0 Å². The Morgan fingerprint density at radius 1 is 1.24 bits per heavy atom. The van der Waals surface area contributed by atoms with Crippen molar-refractivity contribution < 1.29 is 14.3 Å². The molecular weight excluding hydrogens is 316 g/mol.